The van der Waals surface area contributed by atoms with Crippen LogP contribution in [0.3, 0.4) is 0 Å². The molecule has 0 unspecified atom stereocenters. The van der Waals surface area contributed by atoms with Crippen LogP contribution in [0.2, 0.25) is 0 Å². The van der Waals surface area contributed by atoms with E-state index in [1.807, 2.05) is 0 Å². The van der Waals surface area contributed by atoms with Crippen molar-refractivity contribution in [3.8, 4) is 5.75 Å². The second-order valence-corrected chi connectivity index (χ2v) is 6.15. The summed E-state index contributed by atoms with van der Waals surface area (Å²) in [6.45, 7) is 2.17. The lowest BCUT2D eigenvalue weighted by Gasteiger charge is -2.14. The van der Waals surface area contributed by atoms with E-state index in [0.29, 0.717) is 5.41 Å². The van der Waals surface area contributed by atoms with Gasteiger partial charge in [-0.25, -0.2) is 0 Å². The van der Waals surface area contributed by atoms with Crippen molar-refractivity contribution in [3.05, 3.63) is 16.3 Å². The molecule has 0 aromatic carbocycles. The molecule has 2 nitrogen and oxygen atoms in total. The van der Waals surface area contributed by atoms with Crippen molar-refractivity contribution in [1.29, 1.82) is 0 Å². The van der Waals surface area contributed by atoms with Gasteiger partial charge in [-0.15, -0.1) is 11.3 Å². The molecule has 0 radical (unpaired) electrons. The first-order valence-corrected chi connectivity index (χ1v) is 7.03. The van der Waals surface area contributed by atoms with E-state index in [0.717, 1.165) is 18.2 Å². The first kappa shape index (κ1) is 10.6. The topological polar surface area (TPSA) is 21.3 Å². The maximum absolute atomic E-state index is 5.31. The number of rotatable bonds is 6. The van der Waals surface area contributed by atoms with Crippen molar-refractivity contribution >= 4 is 11.3 Å². The van der Waals surface area contributed by atoms with E-state index < -0.39 is 0 Å². The fraction of sp³-hybridized carbons (Fsp3) is 0.692. The molecular weight excluding hydrogens is 218 g/mol. The zero-order valence-electron chi connectivity index (χ0n) is 9.79. The number of methoxy groups -OCH3 is 1. The van der Waals surface area contributed by atoms with Crippen LogP contribution in [-0.4, -0.2) is 13.7 Å². The van der Waals surface area contributed by atoms with Gasteiger partial charge < -0.3 is 10.1 Å². The van der Waals surface area contributed by atoms with Crippen molar-refractivity contribution in [3.63, 3.8) is 0 Å². The Labute approximate surface area is 101 Å². The molecule has 1 aromatic heterocycles. The maximum Gasteiger partial charge on any atom is 0.134 e. The highest BCUT2D eigenvalue weighted by Gasteiger charge is 2.53. The number of hydrogen-bond donors (Lipinski definition) is 1. The molecule has 16 heavy (non-hydrogen) atoms. The van der Waals surface area contributed by atoms with Gasteiger partial charge in [-0.3, -0.25) is 0 Å². The molecule has 88 valence electrons. The zero-order valence-corrected chi connectivity index (χ0v) is 10.6. The minimum absolute atomic E-state index is 0.699. The van der Waals surface area contributed by atoms with Gasteiger partial charge in [-0.05, 0) is 48.5 Å². The van der Waals surface area contributed by atoms with E-state index in [4.69, 9.17) is 4.74 Å². The molecule has 1 N–H and O–H groups in total. The second-order valence-electron chi connectivity index (χ2n) is 5.15. The molecule has 0 bridgehead atoms. The van der Waals surface area contributed by atoms with Gasteiger partial charge in [0.05, 0.1) is 12.0 Å². The zero-order chi connectivity index (χ0) is 11.0. The summed E-state index contributed by atoms with van der Waals surface area (Å²) in [5.74, 6) is 2.08. The fourth-order valence-electron chi connectivity index (χ4n) is 2.65. The third-order valence-corrected chi connectivity index (χ3v) is 4.92. The summed E-state index contributed by atoms with van der Waals surface area (Å²) in [7, 11) is 1.75. The monoisotopic (exact) mass is 237 g/mol. The maximum atomic E-state index is 5.31. The van der Waals surface area contributed by atoms with Gasteiger partial charge in [0.25, 0.3) is 0 Å². The van der Waals surface area contributed by atoms with Gasteiger partial charge in [-0.1, -0.05) is 0 Å². The van der Waals surface area contributed by atoms with E-state index in [-0.39, 0.29) is 0 Å². The molecule has 2 saturated carbocycles. The smallest absolute Gasteiger partial charge is 0.134 e. The summed E-state index contributed by atoms with van der Waals surface area (Å²) in [5, 5.41) is 5.72. The van der Waals surface area contributed by atoms with Crippen LogP contribution < -0.4 is 10.1 Å². The Kier molecular flexibility index (Phi) is 2.68. The predicted molar refractivity (Wildman–Crippen MR) is 67.0 cm³/mol. The standard InChI is InChI=1S/C13H19NOS/c1-15-11-4-7-16-12(11)8-14-9-13(5-6-13)10-2-3-10/h4,7,10,14H,2-3,5-6,8-9H2,1H3. The van der Waals surface area contributed by atoms with E-state index in [1.54, 1.807) is 18.4 Å². The lowest BCUT2D eigenvalue weighted by molar-refractivity contribution is 0.393. The Morgan fingerprint density at radius 1 is 1.50 bits per heavy atom. The highest BCUT2D eigenvalue weighted by molar-refractivity contribution is 7.10. The van der Waals surface area contributed by atoms with E-state index >= 15 is 0 Å². The molecule has 2 fully saturated rings. The molecule has 1 aromatic rings. The normalized spacial score (nSPS) is 22.1. The van der Waals surface area contributed by atoms with Crippen LogP contribution in [0.1, 0.15) is 30.6 Å². The van der Waals surface area contributed by atoms with Gasteiger partial charge in [0.15, 0.2) is 0 Å². The number of thiophene rings is 1. The highest BCUT2D eigenvalue weighted by atomic mass is 32.1. The summed E-state index contributed by atoms with van der Waals surface area (Å²) in [5.41, 5.74) is 0.699. The number of nitrogens with one attached hydrogen (secondary N) is 1. The van der Waals surface area contributed by atoms with Crippen LogP contribution >= 0.6 is 11.3 Å². The minimum Gasteiger partial charge on any atom is -0.496 e. The fourth-order valence-corrected chi connectivity index (χ4v) is 3.46. The Bertz CT molecular complexity index is 366. The third kappa shape index (κ3) is 1.98. The Hall–Kier alpha value is -0.540. The predicted octanol–water partition coefficient (Wildman–Crippen LogP) is 3.04. The van der Waals surface area contributed by atoms with Crippen LogP contribution in [0.25, 0.3) is 0 Å². The molecule has 0 atom stereocenters. The van der Waals surface area contributed by atoms with Crippen molar-refractivity contribution in [1.82, 2.24) is 5.32 Å². The largest absolute Gasteiger partial charge is 0.496 e. The highest BCUT2D eigenvalue weighted by Crippen LogP contribution is 2.60. The Morgan fingerprint density at radius 2 is 2.31 bits per heavy atom. The lowest BCUT2D eigenvalue weighted by Crippen LogP contribution is -2.24. The van der Waals surface area contributed by atoms with Crippen molar-refractivity contribution in [2.45, 2.75) is 32.2 Å². The van der Waals surface area contributed by atoms with Crippen molar-refractivity contribution in [2.75, 3.05) is 13.7 Å². The summed E-state index contributed by atoms with van der Waals surface area (Å²) >= 11 is 1.78. The molecule has 1 heterocycles. The van der Waals surface area contributed by atoms with E-state index in [2.05, 4.69) is 16.8 Å². The molecule has 0 amide bonds. The average Bonchev–Trinajstić information content (AvgIpc) is 3.17. The lowest BCUT2D eigenvalue weighted by atomic mass is 10.0. The molecule has 0 aliphatic heterocycles. The van der Waals surface area contributed by atoms with Crippen LogP contribution in [0, 0.1) is 11.3 Å². The van der Waals surface area contributed by atoms with E-state index in [9.17, 15) is 0 Å². The molecule has 2 aliphatic rings. The van der Waals surface area contributed by atoms with Crippen LogP contribution in [0.4, 0.5) is 0 Å². The molecule has 0 spiro atoms. The molecule has 3 rings (SSSR count). The summed E-state index contributed by atoms with van der Waals surface area (Å²) < 4.78 is 5.31. The van der Waals surface area contributed by atoms with Gasteiger partial charge in [0.1, 0.15) is 5.75 Å². The molecule has 2 aliphatic carbocycles. The number of hydrogen-bond acceptors (Lipinski definition) is 3. The molecular formula is C13H19NOS. The van der Waals surface area contributed by atoms with E-state index in [1.165, 1.54) is 37.1 Å². The van der Waals surface area contributed by atoms with Crippen molar-refractivity contribution in [2.24, 2.45) is 11.3 Å². The first-order valence-electron chi connectivity index (χ1n) is 6.15. The molecule has 3 heteroatoms. The van der Waals surface area contributed by atoms with Crippen molar-refractivity contribution < 1.29 is 4.74 Å². The summed E-state index contributed by atoms with van der Waals surface area (Å²) in [6, 6.07) is 2.05. The Morgan fingerprint density at radius 3 is 2.94 bits per heavy atom. The van der Waals surface area contributed by atoms with Gasteiger partial charge in [0, 0.05) is 13.1 Å². The SMILES string of the molecule is COc1ccsc1CNCC1(C2CC2)CC1. The van der Waals surface area contributed by atoms with Crippen LogP contribution in [-0.2, 0) is 6.54 Å². The quantitative estimate of drug-likeness (QED) is 0.821. The Balaban J connectivity index is 1.49. The second kappa shape index (κ2) is 4.04. The molecule has 0 saturated heterocycles. The summed E-state index contributed by atoms with van der Waals surface area (Å²) in [6.07, 6.45) is 5.85. The minimum atomic E-state index is 0.699. The van der Waals surface area contributed by atoms with Crippen LogP contribution in [0.15, 0.2) is 11.4 Å². The third-order valence-electron chi connectivity index (χ3n) is 4.02. The van der Waals surface area contributed by atoms with Gasteiger partial charge in [0.2, 0.25) is 0 Å². The van der Waals surface area contributed by atoms with Gasteiger partial charge >= 0.3 is 0 Å². The average molecular weight is 237 g/mol. The summed E-state index contributed by atoms with van der Waals surface area (Å²) in [4.78, 5) is 1.33. The van der Waals surface area contributed by atoms with Crippen LogP contribution in [0.5, 0.6) is 5.75 Å². The van der Waals surface area contributed by atoms with Gasteiger partial charge in [-0.2, -0.15) is 0 Å². The first-order chi connectivity index (χ1) is 7.84. The number of ether oxygens (including phenoxy) is 1.